The molecular weight excluding hydrogens is 412 g/mol. The lowest BCUT2D eigenvalue weighted by molar-refractivity contribution is -0.181. The SMILES string of the molecule is CCCCCCCCCCCCCCCCCCC1(C(=O)O)CC=CCC1(C(=O)O)C(C)C. The van der Waals surface area contributed by atoms with Gasteiger partial charge >= 0.3 is 11.9 Å². The lowest BCUT2D eigenvalue weighted by Gasteiger charge is -2.49. The third-order valence-electron chi connectivity index (χ3n) is 8.16. The van der Waals surface area contributed by atoms with Crippen molar-refractivity contribution >= 4 is 11.9 Å². The van der Waals surface area contributed by atoms with Crippen LogP contribution in [0.3, 0.4) is 0 Å². The van der Waals surface area contributed by atoms with Crippen LogP contribution in [0.4, 0.5) is 0 Å². The Morgan fingerprint density at radius 3 is 1.42 bits per heavy atom. The van der Waals surface area contributed by atoms with Gasteiger partial charge in [0.05, 0.1) is 10.8 Å². The zero-order valence-electron chi connectivity index (χ0n) is 21.9. The Bertz CT molecular complexity index is 582. The molecule has 2 atom stereocenters. The first-order chi connectivity index (χ1) is 15.8. The number of carbonyl (C=O) groups is 2. The van der Waals surface area contributed by atoms with Gasteiger partial charge in [0, 0.05) is 0 Å². The summed E-state index contributed by atoms with van der Waals surface area (Å²) in [6, 6.07) is 0. The van der Waals surface area contributed by atoms with Gasteiger partial charge in [0.25, 0.3) is 0 Å². The first-order valence-corrected chi connectivity index (χ1v) is 14.0. The summed E-state index contributed by atoms with van der Waals surface area (Å²) in [4.78, 5) is 24.7. The fraction of sp³-hybridized carbons (Fsp3) is 0.862. The minimum Gasteiger partial charge on any atom is -0.481 e. The zero-order valence-corrected chi connectivity index (χ0v) is 21.9. The summed E-state index contributed by atoms with van der Waals surface area (Å²) in [5, 5.41) is 20.2. The molecule has 4 heteroatoms. The molecule has 1 aliphatic carbocycles. The fourth-order valence-electron chi connectivity index (χ4n) is 5.94. The van der Waals surface area contributed by atoms with E-state index < -0.39 is 22.8 Å². The molecule has 2 N–H and O–H groups in total. The van der Waals surface area contributed by atoms with Crippen LogP contribution in [-0.2, 0) is 9.59 Å². The average Bonchev–Trinajstić information content (AvgIpc) is 2.78. The smallest absolute Gasteiger partial charge is 0.311 e. The normalized spacial score (nSPS) is 22.7. The van der Waals surface area contributed by atoms with Crippen LogP contribution >= 0.6 is 0 Å². The van der Waals surface area contributed by atoms with Crippen LogP contribution in [0.15, 0.2) is 12.2 Å². The van der Waals surface area contributed by atoms with Crippen molar-refractivity contribution in [2.45, 2.75) is 143 Å². The van der Waals surface area contributed by atoms with E-state index in [1.807, 2.05) is 26.0 Å². The molecule has 33 heavy (non-hydrogen) atoms. The van der Waals surface area contributed by atoms with Crippen molar-refractivity contribution < 1.29 is 19.8 Å². The Labute approximate surface area is 203 Å². The second kappa shape index (κ2) is 16.3. The van der Waals surface area contributed by atoms with E-state index in [-0.39, 0.29) is 5.92 Å². The fourth-order valence-corrected chi connectivity index (χ4v) is 5.94. The van der Waals surface area contributed by atoms with Gasteiger partial charge in [0.2, 0.25) is 0 Å². The lowest BCUT2D eigenvalue weighted by atomic mass is 9.51. The molecule has 0 saturated heterocycles. The number of rotatable bonds is 20. The molecule has 0 radical (unpaired) electrons. The summed E-state index contributed by atoms with van der Waals surface area (Å²) in [5.74, 6) is -2.12. The van der Waals surface area contributed by atoms with E-state index in [2.05, 4.69) is 6.92 Å². The molecule has 0 fully saturated rings. The van der Waals surface area contributed by atoms with Crippen LogP contribution in [0, 0.1) is 16.7 Å². The highest BCUT2D eigenvalue weighted by atomic mass is 16.4. The van der Waals surface area contributed by atoms with Crippen LogP contribution < -0.4 is 0 Å². The summed E-state index contributed by atoms with van der Waals surface area (Å²) in [6.07, 6.45) is 25.3. The van der Waals surface area contributed by atoms with Crippen molar-refractivity contribution in [2.24, 2.45) is 16.7 Å². The minimum absolute atomic E-state index is 0.225. The Morgan fingerprint density at radius 1 is 0.667 bits per heavy atom. The van der Waals surface area contributed by atoms with E-state index in [0.717, 1.165) is 19.3 Å². The molecule has 2 unspecified atom stereocenters. The van der Waals surface area contributed by atoms with Gasteiger partial charge in [-0.05, 0) is 25.2 Å². The molecule has 0 amide bonds. The number of hydrogen-bond donors (Lipinski definition) is 2. The summed E-state index contributed by atoms with van der Waals surface area (Å²) in [5.41, 5.74) is -2.42. The van der Waals surface area contributed by atoms with Gasteiger partial charge in [-0.25, -0.2) is 0 Å². The maximum Gasteiger partial charge on any atom is 0.311 e. The second-order valence-electron chi connectivity index (χ2n) is 10.8. The second-order valence-corrected chi connectivity index (χ2v) is 10.8. The number of hydrogen-bond acceptors (Lipinski definition) is 2. The van der Waals surface area contributed by atoms with Crippen molar-refractivity contribution in [1.29, 1.82) is 0 Å². The molecule has 0 aromatic carbocycles. The number of carboxylic acids is 2. The van der Waals surface area contributed by atoms with Crippen LogP contribution in [-0.4, -0.2) is 22.2 Å². The van der Waals surface area contributed by atoms with Crippen LogP contribution in [0.25, 0.3) is 0 Å². The predicted octanol–water partition coefficient (Wildman–Crippen LogP) is 8.79. The molecule has 0 heterocycles. The number of allylic oxidation sites excluding steroid dienone is 2. The molecular formula is C29H52O4. The molecule has 1 aliphatic rings. The molecule has 1 rings (SSSR count). The minimum atomic E-state index is -1.22. The first kappa shape index (κ1) is 29.7. The van der Waals surface area contributed by atoms with Gasteiger partial charge in [0.1, 0.15) is 0 Å². The standard InChI is InChI=1S/C29H52O4/c1-4-5-6-7-8-9-10-11-12-13-14-15-16-17-18-19-22-28(26(30)31)23-20-21-24-29(28,25(2)3)27(32)33/h20-21,25H,4-19,22-24H2,1-3H3,(H,30,31)(H,32,33). The third kappa shape index (κ3) is 8.76. The van der Waals surface area contributed by atoms with Gasteiger partial charge in [0.15, 0.2) is 0 Å². The first-order valence-electron chi connectivity index (χ1n) is 14.0. The lowest BCUT2D eigenvalue weighted by Crippen LogP contribution is -2.56. The molecule has 0 saturated carbocycles. The predicted molar refractivity (Wildman–Crippen MR) is 138 cm³/mol. The largest absolute Gasteiger partial charge is 0.481 e. The monoisotopic (exact) mass is 464 g/mol. The summed E-state index contributed by atoms with van der Waals surface area (Å²) in [7, 11) is 0. The van der Waals surface area contributed by atoms with Crippen molar-refractivity contribution in [3.63, 3.8) is 0 Å². The van der Waals surface area contributed by atoms with Crippen LogP contribution in [0.5, 0.6) is 0 Å². The van der Waals surface area contributed by atoms with Crippen molar-refractivity contribution in [2.75, 3.05) is 0 Å². The van der Waals surface area contributed by atoms with Gasteiger partial charge in [-0.2, -0.15) is 0 Å². The number of carboxylic acid groups (broad SMARTS) is 2. The molecule has 0 aliphatic heterocycles. The topological polar surface area (TPSA) is 74.6 Å². The Morgan fingerprint density at radius 2 is 1.06 bits per heavy atom. The molecule has 0 aromatic heterocycles. The van der Waals surface area contributed by atoms with E-state index >= 15 is 0 Å². The maximum absolute atomic E-state index is 12.4. The van der Waals surface area contributed by atoms with Crippen molar-refractivity contribution in [1.82, 2.24) is 0 Å². The van der Waals surface area contributed by atoms with Crippen LogP contribution in [0.2, 0.25) is 0 Å². The van der Waals surface area contributed by atoms with E-state index in [1.54, 1.807) is 0 Å². The summed E-state index contributed by atoms with van der Waals surface area (Å²) >= 11 is 0. The van der Waals surface area contributed by atoms with E-state index in [0.29, 0.717) is 19.3 Å². The maximum atomic E-state index is 12.4. The van der Waals surface area contributed by atoms with Gasteiger partial charge in [-0.3, -0.25) is 9.59 Å². The van der Waals surface area contributed by atoms with Gasteiger partial charge in [-0.1, -0.05) is 136 Å². The molecule has 0 spiro atoms. The highest BCUT2D eigenvalue weighted by Crippen LogP contribution is 2.56. The summed E-state index contributed by atoms with van der Waals surface area (Å²) < 4.78 is 0. The quantitative estimate of drug-likeness (QED) is 0.139. The van der Waals surface area contributed by atoms with Crippen LogP contribution in [0.1, 0.15) is 143 Å². The van der Waals surface area contributed by atoms with Gasteiger partial charge < -0.3 is 10.2 Å². The number of unbranched alkanes of at least 4 members (excludes halogenated alkanes) is 15. The van der Waals surface area contributed by atoms with Gasteiger partial charge in [-0.15, -0.1) is 0 Å². The Kier molecular flexibility index (Phi) is 14.7. The molecule has 192 valence electrons. The van der Waals surface area contributed by atoms with E-state index in [4.69, 9.17) is 0 Å². The Balaban J connectivity index is 2.22. The average molecular weight is 465 g/mol. The van der Waals surface area contributed by atoms with E-state index in [9.17, 15) is 19.8 Å². The third-order valence-corrected chi connectivity index (χ3v) is 8.16. The molecule has 0 bridgehead atoms. The number of aliphatic carboxylic acids is 2. The van der Waals surface area contributed by atoms with Crippen molar-refractivity contribution in [3.05, 3.63) is 12.2 Å². The highest BCUT2D eigenvalue weighted by Gasteiger charge is 2.62. The van der Waals surface area contributed by atoms with Crippen molar-refractivity contribution in [3.8, 4) is 0 Å². The highest BCUT2D eigenvalue weighted by molar-refractivity contribution is 5.87. The van der Waals surface area contributed by atoms with E-state index in [1.165, 1.54) is 83.5 Å². The summed E-state index contributed by atoms with van der Waals surface area (Å²) in [6.45, 7) is 5.99. The Hall–Kier alpha value is -1.32. The molecule has 0 aromatic rings. The molecule has 4 nitrogen and oxygen atoms in total. The zero-order chi connectivity index (χ0) is 24.6.